The van der Waals surface area contributed by atoms with E-state index in [2.05, 4.69) is 0 Å². The van der Waals surface area contributed by atoms with Crippen LogP contribution in [0.5, 0.6) is 0 Å². The van der Waals surface area contributed by atoms with E-state index in [9.17, 15) is 19.5 Å². The molecule has 23 heavy (non-hydrogen) atoms. The first-order chi connectivity index (χ1) is 10.8. The number of aliphatic carboxylic acids is 1. The third-order valence-electron chi connectivity index (χ3n) is 3.36. The number of thioether (sulfide) groups is 1. The van der Waals surface area contributed by atoms with Gasteiger partial charge in [-0.2, -0.15) is 0 Å². The van der Waals surface area contributed by atoms with E-state index in [1.54, 1.807) is 44.2 Å². The Morgan fingerprint density at radius 2 is 1.83 bits per heavy atom. The lowest BCUT2D eigenvalue weighted by atomic mass is 10.0. The van der Waals surface area contributed by atoms with E-state index in [4.69, 9.17) is 12.2 Å². The predicted octanol–water partition coefficient (Wildman–Crippen LogP) is 2.81. The summed E-state index contributed by atoms with van der Waals surface area (Å²) in [4.78, 5) is 36.2. The highest BCUT2D eigenvalue weighted by atomic mass is 32.2. The Bertz CT molecular complexity index is 695. The molecule has 1 aliphatic rings. The maximum Gasteiger partial charge on any atom is 0.327 e. The van der Waals surface area contributed by atoms with Crippen molar-refractivity contribution < 1.29 is 19.5 Å². The zero-order chi connectivity index (χ0) is 17.1. The molecule has 0 unspecified atom stereocenters. The quantitative estimate of drug-likeness (QED) is 0.500. The standard InChI is InChI=1S/C16H15NO4S2/c1-9(2)13(15(20)21)17-14(19)12(23-16(17)22)7-10-3-5-11(8-18)6-4-10/h3-9,13H,1-2H3,(H,20,21)/b12-7-/t13-/m1/s1. The summed E-state index contributed by atoms with van der Waals surface area (Å²) in [5.74, 6) is -1.74. The number of hydrogen-bond acceptors (Lipinski definition) is 5. The lowest BCUT2D eigenvalue weighted by molar-refractivity contribution is -0.146. The maximum absolute atomic E-state index is 12.5. The predicted molar refractivity (Wildman–Crippen MR) is 93.1 cm³/mol. The van der Waals surface area contributed by atoms with E-state index < -0.39 is 17.9 Å². The molecule has 1 N–H and O–H groups in total. The topological polar surface area (TPSA) is 74.7 Å². The van der Waals surface area contributed by atoms with Gasteiger partial charge in [-0.3, -0.25) is 14.5 Å². The van der Waals surface area contributed by atoms with Gasteiger partial charge in [0.15, 0.2) is 0 Å². The van der Waals surface area contributed by atoms with Crippen LogP contribution < -0.4 is 0 Å². The van der Waals surface area contributed by atoms with Gasteiger partial charge in [0, 0.05) is 5.56 Å². The second-order valence-electron chi connectivity index (χ2n) is 5.36. The lowest BCUT2D eigenvalue weighted by Crippen LogP contribution is -2.47. The molecule has 1 saturated heterocycles. The summed E-state index contributed by atoms with van der Waals surface area (Å²) < 4.78 is 0.242. The fourth-order valence-electron chi connectivity index (χ4n) is 2.24. The Kier molecular flexibility index (Phi) is 5.33. The molecule has 1 amide bonds. The molecule has 1 heterocycles. The molecule has 1 aliphatic heterocycles. The molecule has 0 saturated carbocycles. The van der Waals surface area contributed by atoms with Gasteiger partial charge < -0.3 is 5.11 Å². The summed E-state index contributed by atoms with van der Waals surface area (Å²) in [5.41, 5.74) is 1.29. The summed E-state index contributed by atoms with van der Waals surface area (Å²) in [7, 11) is 0. The second kappa shape index (κ2) is 7.06. The molecule has 1 atom stereocenters. The van der Waals surface area contributed by atoms with Crippen molar-refractivity contribution in [2.75, 3.05) is 0 Å². The number of hydrogen-bond donors (Lipinski definition) is 1. The SMILES string of the molecule is CC(C)[C@H](C(=O)O)N1C(=O)/C(=C/c2ccc(C=O)cc2)SC1=S. The first-order valence-corrected chi connectivity index (χ1v) is 8.12. The maximum atomic E-state index is 12.5. The minimum absolute atomic E-state index is 0.242. The highest BCUT2D eigenvalue weighted by molar-refractivity contribution is 8.26. The fraction of sp³-hybridized carbons (Fsp3) is 0.250. The van der Waals surface area contributed by atoms with Crippen LogP contribution in [-0.4, -0.2) is 38.5 Å². The third kappa shape index (κ3) is 3.68. The van der Waals surface area contributed by atoms with Gasteiger partial charge >= 0.3 is 5.97 Å². The molecule has 2 rings (SSSR count). The van der Waals surface area contributed by atoms with Gasteiger partial charge in [-0.05, 0) is 17.6 Å². The largest absolute Gasteiger partial charge is 0.480 e. The van der Waals surface area contributed by atoms with E-state index in [0.717, 1.165) is 23.6 Å². The number of thiocarbonyl (C=S) groups is 1. The minimum atomic E-state index is -1.08. The monoisotopic (exact) mass is 349 g/mol. The summed E-state index contributed by atoms with van der Waals surface area (Å²) in [6.07, 6.45) is 2.39. The van der Waals surface area contributed by atoms with Crippen LogP contribution in [0.25, 0.3) is 6.08 Å². The number of amides is 1. The van der Waals surface area contributed by atoms with Crippen LogP contribution in [0.2, 0.25) is 0 Å². The van der Waals surface area contributed by atoms with Crippen molar-refractivity contribution in [1.82, 2.24) is 4.90 Å². The van der Waals surface area contributed by atoms with Crippen molar-refractivity contribution in [3.8, 4) is 0 Å². The molecule has 1 aromatic rings. The lowest BCUT2D eigenvalue weighted by Gasteiger charge is -2.26. The molecule has 0 aliphatic carbocycles. The fourth-order valence-corrected chi connectivity index (χ4v) is 3.56. The zero-order valence-electron chi connectivity index (χ0n) is 12.6. The highest BCUT2D eigenvalue weighted by Crippen LogP contribution is 2.35. The number of benzene rings is 1. The summed E-state index contributed by atoms with van der Waals surface area (Å²) in [6, 6.07) is 5.74. The Balaban J connectivity index is 2.31. The molecule has 120 valence electrons. The van der Waals surface area contributed by atoms with Crippen LogP contribution in [-0.2, 0) is 9.59 Å². The molecule has 1 aromatic carbocycles. The van der Waals surface area contributed by atoms with Gasteiger partial charge in [0.05, 0.1) is 4.91 Å². The molecule has 1 fully saturated rings. The number of rotatable bonds is 5. The van der Waals surface area contributed by atoms with Crippen LogP contribution in [0.1, 0.15) is 29.8 Å². The molecule has 0 aromatic heterocycles. The number of nitrogens with zero attached hydrogens (tertiary/aromatic N) is 1. The number of carbonyl (C=O) groups excluding carboxylic acids is 2. The average Bonchev–Trinajstić information content (AvgIpc) is 2.75. The minimum Gasteiger partial charge on any atom is -0.480 e. The Morgan fingerprint density at radius 3 is 2.30 bits per heavy atom. The van der Waals surface area contributed by atoms with E-state index in [1.165, 1.54) is 4.90 Å². The summed E-state index contributed by atoms with van der Waals surface area (Å²) in [6.45, 7) is 3.47. The van der Waals surface area contributed by atoms with Crippen LogP contribution in [0.15, 0.2) is 29.2 Å². The van der Waals surface area contributed by atoms with E-state index >= 15 is 0 Å². The first kappa shape index (κ1) is 17.4. The van der Waals surface area contributed by atoms with E-state index in [0.29, 0.717) is 10.5 Å². The van der Waals surface area contributed by atoms with Gasteiger partial charge in [0.2, 0.25) is 0 Å². The van der Waals surface area contributed by atoms with Crippen molar-refractivity contribution >= 4 is 52.5 Å². The van der Waals surface area contributed by atoms with Gasteiger partial charge in [-0.25, -0.2) is 4.79 Å². The summed E-state index contributed by atoms with van der Waals surface area (Å²) >= 11 is 6.27. The Morgan fingerprint density at radius 1 is 1.26 bits per heavy atom. The number of carboxylic acid groups (broad SMARTS) is 1. The smallest absolute Gasteiger partial charge is 0.327 e. The van der Waals surface area contributed by atoms with Crippen LogP contribution >= 0.6 is 24.0 Å². The van der Waals surface area contributed by atoms with Gasteiger partial charge in [-0.1, -0.05) is 62.1 Å². The average molecular weight is 349 g/mol. The normalized spacial score (nSPS) is 17.9. The zero-order valence-corrected chi connectivity index (χ0v) is 14.2. The van der Waals surface area contributed by atoms with E-state index in [1.807, 2.05) is 0 Å². The van der Waals surface area contributed by atoms with Crippen molar-refractivity contribution in [3.05, 3.63) is 40.3 Å². The van der Waals surface area contributed by atoms with Gasteiger partial charge in [0.25, 0.3) is 5.91 Å². The molecule has 7 heteroatoms. The van der Waals surface area contributed by atoms with Gasteiger partial charge in [-0.15, -0.1) is 0 Å². The molecular weight excluding hydrogens is 334 g/mol. The van der Waals surface area contributed by atoms with Crippen molar-refractivity contribution in [3.63, 3.8) is 0 Å². The first-order valence-electron chi connectivity index (χ1n) is 6.90. The van der Waals surface area contributed by atoms with Crippen molar-refractivity contribution in [2.45, 2.75) is 19.9 Å². The number of aldehydes is 1. The number of carboxylic acids is 1. The number of carbonyl (C=O) groups is 3. The summed E-state index contributed by atoms with van der Waals surface area (Å²) in [5, 5.41) is 9.36. The molecule has 0 spiro atoms. The van der Waals surface area contributed by atoms with Crippen LogP contribution in [0.4, 0.5) is 0 Å². The van der Waals surface area contributed by atoms with Crippen LogP contribution in [0, 0.1) is 5.92 Å². The van der Waals surface area contributed by atoms with Gasteiger partial charge in [0.1, 0.15) is 16.6 Å². The van der Waals surface area contributed by atoms with Crippen molar-refractivity contribution in [1.29, 1.82) is 0 Å². The van der Waals surface area contributed by atoms with E-state index in [-0.39, 0.29) is 10.2 Å². The molecule has 0 radical (unpaired) electrons. The van der Waals surface area contributed by atoms with Crippen LogP contribution in [0.3, 0.4) is 0 Å². The van der Waals surface area contributed by atoms with Crippen molar-refractivity contribution in [2.24, 2.45) is 5.92 Å². The molecule has 0 bridgehead atoms. The molecular formula is C16H15NO4S2. The second-order valence-corrected chi connectivity index (χ2v) is 7.04. The Labute approximate surface area is 143 Å². The molecule has 5 nitrogen and oxygen atoms in total. The third-order valence-corrected chi connectivity index (χ3v) is 4.69. The Hall–Kier alpha value is -1.99. The highest BCUT2D eigenvalue weighted by Gasteiger charge is 2.41.